The van der Waals surface area contributed by atoms with Crippen LogP contribution in [0.1, 0.15) is 44.0 Å². The Bertz CT molecular complexity index is 1180. The molecule has 1 aliphatic rings. The lowest BCUT2D eigenvalue weighted by molar-refractivity contribution is 0.0225. The summed E-state index contributed by atoms with van der Waals surface area (Å²) in [5, 5.41) is 7.84. The van der Waals surface area contributed by atoms with Crippen LogP contribution in [-0.2, 0) is 14.8 Å². The molecule has 1 fully saturated rings. The second kappa shape index (κ2) is 12.9. The van der Waals surface area contributed by atoms with Gasteiger partial charge in [-0.3, -0.25) is 4.79 Å². The van der Waals surface area contributed by atoms with Gasteiger partial charge in [0.25, 0.3) is 5.91 Å². The number of benzene rings is 2. The molecule has 1 saturated heterocycles. The number of para-hydroxylation sites is 1. The van der Waals surface area contributed by atoms with Crippen LogP contribution in [0.3, 0.4) is 0 Å². The number of ether oxygens (including phenoxy) is 2. The highest BCUT2D eigenvalue weighted by Gasteiger charge is 2.32. The third-order valence-electron chi connectivity index (χ3n) is 5.05. The zero-order chi connectivity index (χ0) is 27.1. The molecule has 1 aliphatic heterocycles. The number of carbonyl (C=O) groups is 2. The molecule has 0 bridgehead atoms. The van der Waals surface area contributed by atoms with Crippen molar-refractivity contribution in [3.63, 3.8) is 0 Å². The van der Waals surface area contributed by atoms with E-state index < -0.39 is 15.6 Å². The van der Waals surface area contributed by atoms with Crippen molar-refractivity contribution in [2.75, 3.05) is 20.2 Å². The van der Waals surface area contributed by atoms with Gasteiger partial charge in [0.2, 0.25) is 10.0 Å². The van der Waals surface area contributed by atoms with E-state index in [1.165, 1.54) is 13.2 Å². The van der Waals surface area contributed by atoms with E-state index in [1.807, 2.05) is 26.8 Å². The summed E-state index contributed by atoms with van der Waals surface area (Å²) in [6.07, 6.45) is 1.44. The first-order valence-corrected chi connectivity index (χ1v) is 14.2. The monoisotopic (exact) mass is 647 g/mol. The van der Waals surface area contributed by atoms with Gasteiger partial charge in [0.05, 0.1) is 23.6 Å². The molecule has 1 heterocycles. The molecule has 198 valence electrons. The molecule has 3 rings (SSSR count). The third kappa shape index (κ3) is 9.06. The van der Waals surface area contributed by atoms with Gasteiger partial charge in [0, 0.05) is 22.0 Å². The number of amides is 2. The number of likely N-dealkylation sites (tertiary alicyclic amines) is 1. The molecule has 0 aromatic heterocycles. The van der Waals surface area contributed by atoms with Gasteiger partial charge in [-0.15, -0.1) is 0 Å². The van der Waals surface area contributed by atoms with Crippen LogP contribution in [0, 0.1) is 0 Å². The van der Waals surface area contributed by atoms with Crippen molar-refractivity contribution in [2.45, 2.75) is 50.2 Å². The number of sulfonamides is 1. The molecule has 9 nitrogen and oxygen atoms in total. The fraction of sp³-hybridized carbons (Fsp3) is 0.417. The zero-order valence-electron chi connectivity index (χ0n) is 20.6. The number of nitrogens with two attached hydrogens (primary N) is 1. The van der Waals surface area contributed by atoms with Crippen LogP contribution in [0.2, 0.25) is 0 Å². The average Bonchev–Trinajstić information content (AvgIpc) is 3.26. The van der Waals surface area contributed by atoms with Crippen molar-refractivity contribution in [1.29, 1.82) is 0 Å². The summed E-state index contributed by atoms with van der Waals surface area (Å²) in [7, 11) is -2.10. The quantitative estimate of drug-likeness (QED) is 0.485. The number of rotatable bonds is 5. The molecule has 1 atom stereocenters. The summed E-state index contributed by atoms with van der Waals surface area (Å²) in [5.74, 6) is 0.328. The number of carbonyl (C=O) groups excluding carboxylic acids is 2. The first kappa shape index (κ1) is 30.1. The standard InChI is InChI=1S/C18H26N2O4.C6H5Br2NO2S/c1-18(2,3)24-17(22)20-11-7-8-13(20)12-19-16(21)14-9-5-6-10-15(14)23-4;7-4-1-2-5(8)6(3-4)12(9,10)11/h5-6,9-10,13H,7-8,11-12H2,1-4H3,(H,19,21);1-3H,(H2,9,10,11)/t13-;/m1./s1. The predicted molar refractivity (Wildman–Crippen MR) is 145 cm³/mol. The van der Waals surface area contributed by atoms with Crippen molar-refractivity contribution in [3.05, 3.63) is 57.0 Å². The van der Waals surface area contributed by atoms with E-state index in [0.29, 0.717) is 33.3 Å². The van der Waals surface area contributed by atoms with Crippen molar-refractivity contribution in [2.24, 2.45) is 5.14 Å². The lowest BCUT2D eigenvalue weighted by Gasteiger charge is -2.28. The Balaban J connectivity index is 0.000000319. The molecule has 2 amide bonds. The molecule has 0 aliphatic carbocycles. The topological polar surface area (TPSA) is 128 Å². The second-order valence-corrected chi connectivity index (χ2v) is 12.3. The van der Waals surface area contributed by atoms with Crippen LogP contribution < -0.4 is 15.2 Å². The second-order valence-electron chi connectivity index (χ2n) is 9.00. The Kier molecular flexibility index (Phi) is 10.8. The molecule has 36 heavy (non-hydrogen) atoms. The number of methoxy groups -OCH3 is 1. The third-order valence-corrected chi connectivity index (χ3v) is 7.45. The lowest BCUT2D eigenvalue weighted by atomic mass is 10.1. The molecule has 3 N–H and O–H groups in total. The largest absolute Gasteiger partial charge is 0.496 e. The van der Waals surface area contributed by atoms with Crippen molar-refractivity contribution >= 4 is 53.9 Å². The van der Waals surface area contributed by atoms with Gasteiger partial charge in [-0.1, -0.05) is 28.1 Å². The summed E-state index contributed by atoms with van der Waals surface area (Å²) < 4.78 is 33.6. The Morgan fingerprint density at radius 2 is 1.83 bits per heavy atom. The molecule has 2 aromatic carbocycles. The molecule has 2 aromatic rings. The number of nitrogens with one attached hydrogen (secondary N) is 1. The summed E-state index contributed by atoms with van der Waals surface area (Å²) in [4.78, 5) is 26.4. The molecule has 0 saturated carbocycles. The zero-order valence-corrected chi connectivity index (χ0v) is 24.6. The van der Waals surface area contributed by atoms with Crippen LogP contribution in [0.5, 0.6) is 5.75 Å². The normalized spacial score (nSPS) is 15.5. The van der Waals surface area contributed by atoms with Gasteiger partial charge in [-0.2, -0.15) is 0 Å². The fourth-order valence-corrected chi connectivity index (χ4v) is 5.51. The van der Waals surface area contributed by atoms with Crippen LogP contribution >= 0.6 is 31.9 Å². The first-order chi connectivity index (χ1) is 16.7. The van der Waals surface area contributed by atoms with Gasteiger partial charge >= 0.3 is 6.09 Å². The van der Waals surface area contributed by atoms with Gasteiger partial charge in [-0.05, 0) is 79.9 Å². The Morgan fingerprint density at radius 1 is 1.17 bits per heavy atom. The summed E-state index contributed by atoms with van der Waals surface area (Å²) >= 11 is 6.23. The SMILES string of the molecule is COc1ccccc1C(=O)NC[C@H]1CCCN1C(=O)OC(C)(C)C.NS(=O)(=O)c1cc(Br)ccc1Br. The van der Waals surface area contributed by atoms with Gasteiger partial charge in [0.15, 0.2) is 0 Å². The van der Waals surface area contributed by atoms with Crippen LogP contribution in [0.15, 0.2) is 56.3 Å². The highest BCUT2D eigenvalue weighted by Crippen LogP contribution is 2.24. The maximum atomic E-state index is 12.4. The smallest absolute Gasteiger partial charge is 0.410 e. The van der Waals surface area contributed by atoms with E-state index in [2.05, 4.69) is 37.2 Å². The van der Waals surface area contributed by atoms with E-state index >= 15 is 0 Å². The molecular weight excluding hydrogens is 618 g/mol. The van der Waals surface area contributed by atoms with E-state index in [9.17, 15) is 18.0 Å². The summed E-state index contributed by atoms with van der Waals surface area (Å²) in [5.41, 5.74) is -0.0351. The number of hydrogen-bond acceptors (Lipinski definition) is 6. The molecule has 0 radical (unpaired) electrons. The molecular formula is C24H31Br2N3O6S. The maximum absolute atomic E-state index is 12.4. The minimum Gasteiger partial charge on any atom is -0.496 e. The number of primary sulfonamides is 1. The highest BCUT2D eigenvalue weighted by atomic mass is 79.9. The minimum atomic E-state index is -3.63. The average molecular weight is 649 g/mol. The van der Waals surface area contributed by atoms with Crippen molar-refractivity contribution in [3.8, 4) is 5.75 Å². The van der Waals surface area contributed by atoms with Crippen molar-refractivity contribution in [1.82, 2.24) is 10.2 Å². The van der Waals surface area contributed by atoms with E-state index in [4.69, 9.17) is 14.6 Å². The minimum absolute atomic E-state index is 0.0430. The van der Waals surface area contributed by atoms with Crippen LogP contribution in [0.25, 0.3) is 0 Å². The van der Waals surface area contributed by atoms with E-state index in [-0.39, 0.29) is 22.9 Å². The fourth-order valence-electron chi connectivity index (χ4n) is 3.44. The number of hydrogen-bond donors (Lipinski definition) is 2. The molecule has 12 heteroatoms. The molecule has 0 spiro atoms. The number of nitrogens with zero attached hydrogens (tertiary/aromatic N) is 1. The van der Waals surface area contributed by atoms with E-state index in [1.54, 1.807) is 35.2 Å². The molecule has 0 unspecified atom stereocenters. The van der Waals surface area contributed by atoms with Gasteiger partial charge in [0.1, 0.15) is 11.4 Å². The van der Waals surface area contributed by atoms with Gasteiger partial charge in [-0.25, -0.2) is 18.4 Å². The van der Waals surface area contributed by atoms with Gasteiger partial charge < -0.3 is 19.7 Å². The summed E-state index contributed by atoms with van der Waals surface area (Å²) in [6.45, 7) is 6.60. The Labute approximate surface area is 229 Å². The summed E-state index contributed by atoms with van der Waals surface area (Å²) in [6, 6.07) is 11.8. The van der Waals surface area contributed by atoms with Crippen LogP contribution in [-0.4, -0.2) is 57.2 Å². The lowest BCUT2D eigenvalue weighted by Crippen LogP contribution is -2.45. The Hall–Kier alpha value is -2.15. The Morgan fingerprint density at radius 3 is 2.42 bits per heavy atom. The van der Waals surface area contributed by atoms with E-state index in [0.717, 1.165) is 12.8 Å². The predicted octanol–water partition coefficient (Wildman–Crippen LogP) is 4.68. The van der Waals surface area contributed by atoms with Crippen molar-refractivity contribution < 1.29 is 27.5 Å². The van der Waals surface area contributed by atoms with Crippen LogP contribution in [0.4, 0.5) is 4.79 Å². The maximum Gasteiger partial charge on any atom is 0.410 e. The first-order valence-electron chi connectivity index (χ1n) is 11.1. The number of halogens is 2. The highest BCUT2D eigenvalue weighted by molar-refractivity contribution is 9.11.